The second-order valence-electron chi connectivity index (χ2n) is 4.51. The maximum Gasteiger partial charge on any atom is 0.163 e. The molecule has 7 nitrogen and oxygen atoms in total. The van der Waals surface area contributed by atoms with Gasteiger partial charge in [-0.25, -0.2) is 9.67 Å². The lowest BCUT2D eigenvalue weighted by Gasteiger charge is -2.33. The van der Waals surface area contributed by atoms with Gasteiger partial charge >= 0.3 is 0 Å². The van der Waals surface area contributed by atoms with Crippen LogP contribution in [-0.2, 0) is 0 Å². The van der Waals surface area contributed by atoms with Crippen LogP contribution in [0.2, 0.25) is 0 Å². The Labute approximate surface area is 110 Å². The van der Waals surface area contributed by atoms with Gasteiger partial charge in [0.1, 0.15) is 18.7 Å². The van der Waals surface area contributed by atoms with Crippen LogP contribution in [0.3, 0.4) is 0 Å². The van der Waals surface area contributed by atoms with Crippen LogP contribution in [0, 0.1) is 11.3 Å². The van der Waals surface area contributed by atoms with Crippen molar-refractivity contribution in [1.82, 2.24) is 25.0 Å². The number of aromatic nitrogens is 5. The molecule has 0 saturated carbocycles. The number of nitrogens with zero attached hydrogens (tertiary/aromatic N) is 7. The van der Waals surface area contributed by atoms with Crippen molar-refractivity contribution >= 4 is 5.82 Å². The fraction of sp³-hybridized carbons (Fsp3) is 0.417. The summed E-state index contributed by atoms with van der Waals surface area (Å²) in [4.78, 5) is 6.16. The number of hydrogen-bond donors (Lipinski definition) is 0. The van der Waals surface area contributed by atoms with Gasteiger partial charge in [-0.1, -0.05) is 0 Å². The van der Waals surface area contributed by atoms with Gasteiger partial charge in [0.15, 0.2) is 11.5 Å². The van der Waals surface area contributed by atoms with Crippen molar-refractivity contribution in [3.63, 3.8) is 0 Å². The standard InChI is InChI=1S/C12H13N7/c13-6-10-3-4-12(17-16-10)18-5-1-2-11(7-18)19-9-14-8-15-19/h3-4,8-9,11H,1-2,5,7H2/t11-/m0/s1. The summed E-state index contributed by atoms with van der Waals surface area (Å²) in [6, 6.07) is 5.83. The lowest BCUT2D eigenvalue weighted by molar-refractivity contribution is 0.373. The molecule has 96 valence electrons. The van der Waals surface area contributed by atoms with Crippen LogP contribution in [0.5, 0.6) is 0 Å². The van der Waals surface area contributed by atoms with E-state index in [1.807, 2.05) is 16.8 Å². The average Bonchev–Trinajstić information content (AvgIpc) is 3.02. The molecule has 2 aromatic rings. The van der Waals surface area contributed by atoms with Crippen molar-refractivity contribution in [2.75, 3.05) is 18.0 Å². The van der Waals surface area contributed by atoms with Crippen LogP contribution in [0.15, 0.2) is 24.8 Å². The van der Waals surface area contributed by atoms with E-state index in [0.717, 1.165) is 31.7 Å². The zero-order chi connectivity index (χ0) is 13.1. The first-order chi connectivity index (χ1) is 9.36. The van der Waals surface area contributed by atoms with E-state index in [2.05, 4.69) is 25.2 Å². The molecule has 1 aliphatic heterocycles. The van der Waals surface area contributed by atoms with E-state index in [1.165, 1.54) is 0 Å². The lowest BCUT2D eigenvalue weighted by atomic mass is 10.1. The van der Waals surface area contributed by atoms with Gasteiger partial charge < -0.3 is 4.90 Å². The molecule has 7 heteroatoms. The highest BCUT2D eigenvalue weighted by atomic mass is 15.4. The molecular formula is C12H13N7. The zero-order valence-corrected chi connectivity index (χ0v) is 10.3. The van der Waals surface area contributed by atoms with Gasteiger partial charge in [-0.05, 0) is 25.0 Å². The summed E-state index contributed by atoms with van der Waals surface area (Å²) in [5.41, 5.74) is 0.341. The largest absolute Gasteiger partial charge is 0.353 e. The van der Waals surface area contributed by atoms with Gasteiger partial charge in [-0.15, -0.1) is 10.2 Å². The summed E-state index contributed by atoms with van der Waals surface area (Å²) < 4.78 is 1.89. The molecular weight excluding hydrogens is 242 g/mol. The van der Waals surface area contributed by atoms with Gasteiger partial charge in [0.2, 0.25) is 0 Å². The molecule has 0 amide bonds. The van der Waals surface area contributed by atoms with Crippen LogP contribution in [0.4, 0.5) is 5.82 Å². The van der Waals surface area contributed by atoms with Crippen molar-refractivity contribution < 1.29 is 0 Å². The topological polar surface area (TPSA) is 83.5 Å². The molecule has 0 aromatic carbocycles. The van der Waals surface area contributed by atoms with Crippen LogP contribution >= 0.6 is 0 Å². The van der Waals surface area contributed by atoms with Crippen LogP contribution in [0.1, 0.15) is 24.6 Å². The van der Waals surface area contributed by atoms with Gasteiger partial charge in [0.05, 0.1) is 6.04 Å². The van der Waals surface area contributed by atoms with E-state index in [1.54, 1.807) is 18.7 Å². The Morgan fingerprint density at radius 3 is 2.95 bits per heavy atom. The number of nitriles is 1. The Morgan fingerprint density at radius 2 is 2.26 bits per heavy atom. The molecule has 0 bridgehead atoms. The van der Waals surface area contributed by atoms with Gasteiger partial charge in [0, 0.05) is 13.1 Å². The Morgan fingerprint density at radius 1 is 1.32 bits per heavy atom. The van der Waals surface area contributed by atoms with E-state index < -0.39 is 0 Å². The van der Waals surface area contributed by atoms with Crippen molar-refractivity contribution in [2.45, 2.75) is 18.9 Å². The van der Waals surface area contributed by atoms with Crippen molar-refractivity contribution in [3.8, 4) is 6.07 Å². The molecule has 0 radical (unpaired) electrons. The molecule has 1 fully saturated rings. The van der Waals surface area contributed by atoms with Crippen molar-refractivity contribution in [2.24, 2.45) is 0 Å². The third-order valence-corrected chi connectivity index (χ3v) is 3.30. The fourth-order valence-electron chi connectivity index (χ4n) is 2.34. The molecule has 2 aromatic heterocycles. The summed E-state index contributed by atoms with van der Waals surface area (Å²) in [7, 11) is 0. The molecule has 1 saturated heterocycles. The number of piperidine rings is 1. The molecule has 0 N–H and O–H groups in total. The van der Waals surface area contributed by atoms with E-state index in [4.69, 9.17) is 5.26 Å². The van der Waals surface area contributed by atoms with Crippen LogP contribution < -0.4 is 4.90 Å². The first kappa shape index (κ1) is 11.6. The number of anilines is 1. The summed E-state index contributed by atoms with van der Waals surface area (Å²) in [5, 5.41) is 20.9. The zero-order valence-electron chi connectivity index (χ0n) is 10.3. The third kappa shape index (κ3) is 2.38. The Kier molecular flexibility index (Phi) is 3.06. The molecule has 1 aliphatic rings. The summed E-state index contributed by atoms with van der Waals surface area (Å²) in [5.74, 6) is 0.809. The predicted octanol–water partition coefficient (Wildman–Crippen LogP) is 0.781. The summed E-state index contributed by atoms with van der Waals surface area (Å²) >= 11 is 0. The van der Waals surface area contributed by atoms with E-state index in [9.17, 15) is 0 Å². The van der Waals surface area contributed by atoms with Crippen molar-refractivity contribution in [3.05, 3.63) is 30.5 Å². The Hall–Kier alpha value is -2.49. The second-order valence-corrected chi connectivity index (χ2v) is 4.51. The molecule has 0 spiro atoms. The van der Waals surface area contributed by atoms with Crippen LogP contribution in [-0.4, -0.2) is 38.1 Å². The smallest absolute Gasteiger partial charge is 0.163 e. The molecule has 19 heavy (non-hydrogen) atoms. The van der Waals surface area contributed by atoms with Crippen LogP contribution in [0.25, 0.3) is 0 Å². The maximum absolute atomic E-state index is 8.72. The minimum absolute atomic E-state index is 0.314. The highest BCUT2D eigenvalue weighted by molar-refractivity contribution is 5.39. The predicted molar refractivity (Wildman–Crippen MR) is 67.3 cm³/mol. The summed E-state index contributed by atoms with van der Waals surface area (Å²) in [6.45, 7) is 1.79. The molecule has 0 unspecified atom stereocenters. The first-order valence-corrected chi connectivity index (χ1v) is 6.20. The lowest BCUT2D eigenvalue weighted by Crippen LogP contribution is -2.37. The van der Waals surface area contributed by atoms with Crippen molar-refractivity contribution in [1.29, 1.82) is 5.26 Å². The van der Waals surface area contributed by atoms with Gasteiger partial charge in [0.25, 0.3) is 0 Å². The maximum atomic E-state index is 8.72. The quantitative estimate of drug-likeness (QED) is 0.788. The highest BCUT2D eigenvalue weighted by Crippen LogP contribution is 2.23. The third-order valence-electron chi connectivity index (χ3n) is 3.30. The van der Waals surface area contributed by atoms with Gasteiger partial charge in [-0.2, -0.15) is 10.4 Å². The number of rotatable bonds is 2. The van der Waals surface area contributed by atoms with E-state index >= 15 is 0 Å². The Balaban J connectivity index is 1.76. The number of hydrogen-bond acceptors (Lipinski definition) is 6. The molecule has 3 rings (SSSR count). The average molecular weight is 255 g/mol. The molecule has 1 atom stereocenters. The normalized spacial score (nSPS) is 19.1. The Bertz CT molecular complexity index is 569. The highest BCUT2D eigenvalue weighted by Gasteiger charge is 2.22. The summed E-state index contributed by atoms with van der Waals surface area (Å²) in [6.07, 6.45) is 5.47. The minimum Gasteiger partial charge on any atom is -0.353 e. The molecule has 3 heterocycles. The van der Waals surface area contributed by atoms with E-state index in [0.29, 0.717) is 11.7 Å². The minimum atomic E-state index is 0.314. The second kappa shape index (κ2) is 5.02. The SMILES string of the molecule is N#Cc1ccc(N2CCC[C@H](n3cncn3)C2)nn1. The van der Waals surface area contributed by atoms with E-state index in [-0.39, 0.29) is 0 Å². The van der Waals surface area contributed by atoms with Gasteiger partial charge in [-0.3, -0.25) is 0 Å². The molecule has 0 aliphatic carbocycles. The fourth-order valence-corrected chi connectivity index (χ4v) is 2.34. The monoisotopic (exact) mass is 255 g/mol. The first-order valence-electron chi connectivity index (χ1n) is 6.20.